The van der Waals surface area contributed by atoms with Crippen LogP contribution in [-0.2, 0) is 40.0 Å². The standard InChI is InChI=1S/C38H42F3N5O3S/c1-43(28-35-42-18-25-50-35)19-20-44(2)37(48)34(26-30-6-4-3-5-7-30)46(27-31-10-15-33(16-11-31)45-21-23-49-24-22-45)36(47)17-12-29-8-13-32(14-9-29)38(39,40)41/h3-18,25,34H,19-24,26-28H2,1-2H3/t34-/m0/s1. The molecule has 1 aliphatic heterocycles. The quantitative estimate of drug-likeness (QED) is 0.145. The average molecular weight is 706 g/mol. The van der Waals surface area contributed by atoms with Crippen LogP contribution in [0.15, 0.2) is 96.5 Å². The van der Waals surface area contributed by atoms with E-state index in [1.165, 1.54) is 24.3 Å². The molecule has 50 heavy (non-hydrogen) atoms. The van der Waals surface area contributed by atoms with Crippen molar-refractivity contribution >= 4 is 34.9 Å². The molecule has 0 radical (unpaired) electrons. The second-order valence-corrected chi connectivity index (χ2v) is 13.3. The monoisotopic (exact) mass is 705 g/mol. The Kier molecular flexibility index (Phi) is 12.8. The Morgan fingerprint density at radius 1 is 0.920 bits per heavy atom. The highest BCUT2D eigenvalue weighted by atomic mass is 32.1. The van der Waals surface area contributed by atoms with Crippen molar-refractivity contribution in [2.45, 2.75) is 31.7 Å². The van der Waals surface area contributed by atoms with Crippen LogP contribution in [0.25, 0.3) is 6.08 Å². The number of nitrogens with zero attached hydrogens (tertiary/aromatic N) is 5. The molecule has 3 aromatic carbocycles. The minimum Gasteiger partial charge on any atom is -0.378 e. The average Bonchev–Trinajstić information content (AvgIpc) is 3.64. The van der Waals surface area contributed by atoms with E-state index in [0.717, 1.165) is 47.0 Å². The van der Waals surface area contributed by atoms with Gasteiger partial charge in [-0.1, -0.05) is 54.6 Å². The van der Waals surface area contributed by atoms with Gasteiger partial charge >= 0.3 is 6.18 Å². The zero-order valence-electron chi connectivity index (χ0n) is 28.3. The Morgan fingerprint density at radius 3 is 2.26 bits per heavy atom. The summed E-state index contributed by atoms with van der Waals surface area (Å²) in [6.45, 7) is 4.75. The molecule has 2 heterocycles. The number of carbonyl (C=O) groups excluding carboxylic acids is 2. The first-order chi connectivity index (χ1) is 24.1. The summed E-state index contributed by atoms with van der Waals surface area (Å²) < 4.78 is 44.9. The first-order valence-corrected chi connectivity index (χ1v) is 17.4. The van der Waals surface area contributed by atoms with Gasteiger partial charge in [0.05, 0.1) is 25.3 Å². The molecule has 0 unspecified atom stereocenters. The molecule has 2 amide bonds. The summed E-state index contributed by atoms with van der Waals surface area (Å²) in [5.41, 5.74) is 2.46. The molecule has 1 aromatic heterocycles. The van der Waals surface area contributed by atoms with Crippen molar-refractivity contribution in [3.63, 3.8) is 0 Å². The van der Waals surface area contributed by atoms with Crippen molar-refractivity contribution in [3.05, 3.63) is 124 Å². The Balaban J connectivity index is 1.41. The van der Waals surface area contributed by atoms with E-state index in [-0.39, 0.29) is 18.9 Å². The lowest BCUT2D eigenvalue weighted by atomic mass is 10.0. The van der Waals surface area contributed by atoms with Gasteiger partial charge in [-0.25, -0.2) is 4.98 Å². The normalized spacial score (nSPS) is 14.2. The molecule has 0 bridgehead atoms. The van der Waals surface area contributed by atoms with Crippen LogP contribution in [0.2, 0.25) is 0 Å². The second-order valence-electron chi connectivity index (χ2n) is 12.3. The number of halogens is 3. The van der Waals surface area contributed by atoms with E-state index in [1.54, 1.807) is 34.4 Å². The first-order valence-electron chi connectivity index (χ1n) is 16.5. The Labute approximate surface area is 295 Å². The Hall–Kier alpha value is -4.52. The maximum absolute atomic E-state index is 14.3. The third-order valence-electron chi connectivity index (χ3n) is 8.62. The smallest absolute Gasteiger partial charge is 0.378 e. The van der Waals surface area contributed by atoms with E-state index in [9.17, 15) is 22.8 Å². The van der Waals surface area contributed by atoms with Crippen LogP contribution in [0.3, 0.4) is 0 Å². The molecule has 0 aliphatic carbocycles. The fourth-order valence-electron chi connectivity index (χ4n) is 5.71. The molecule has 0 saturated carbocycles. The number of ether oxygens (including phenoxy) is 1. The lowest BCUT2D eigenvalue weighted by molar-refractivity contribution is -0.143. The van der Waals surface area contributed by atoms with Crippen molar-refractivity contribution in [2.75, 3.05) is 58.4 Å². The minimum atomic E-state index is -4.46. The molecular formula is C38H42F3N5O3S. The van der Waals surface area contributed by atoms with Gasteiger partial charge in [0.15, 0.2) is 0 Å². The van der Waals surface area contributed by atoms with Gasteiger partial charge in [-0.3, -0.25) is 14.5 Å². The number of alkyl halides is 3. The van der Waals surface area contributed by atoms with Gasteiger partial charge < -0.3 is 19.4 Å². The molecule has 4 aromatic rings. The van der Waals surface area contributed by atoms with Crippen LogP contribution in [0.5, 0.6) is 0 Å². The molecule has 0 spiro atoms. The molecule has 1 atom stereocenters. The zero-order valence-corrected chi connectivity index (χ0v) is 29.1. The van der Waals surface area contributed by atoms with E-state index in [4.69, 9.17) is 4.74 Å². The number of hydrogen-bond donors (Lipinski definition) is 0. The maximum Gasteiger partial charge on any atom is 0.416 e. The van der Waals surface area contributed by atoms with Crippen LogP contribution in [0.1, 0.15) is 27.3 Å². The van der Waals surface area contributed by atoms with Gasteiger partial charge in [-0.2, -0.15) is 13.2 Å². The third kappa shape index (κ3) is 10.5. The molecule has 1 aliphatic rings. The molecule has 1 fully saturated rings. The topological polar surface area (TPSA) is 69.2 Å². The molecule has 1 saturated heterocycles. The SMILES string of the molecule is CN(CCN(C)C(=O)[C@H](Cc1ccccc1)N(Cc1ccc(N2CCOCC2)cc1)C(=O)C=Cc1ccc(C(F)(F)F)cc1)Cc1nccs1. The number of likely N-dealkylation sites (N-methyl/N-ethyl adjacent to an activating group) is 2. The molecule has 8 nitrogen and oxygen atoms in total. The van der Waals surface area contributed by atoms with Crippen molar-refractivity contribution < 1.29 is 27.5 Å². The molecule has 5 rings (SSSR count). The number of thiazole rings is 1. The summed E-state index contributed by atoms with van der Waals surface area (Å²) >= 11 is 1.58. The summed E-state index contributed by atoms with van der Waals surface area (Å²) in [6.07, 6.45) is 0.408. The van der Waals surface area contributed by atoms with Crippen LogP contribution >= 0.6 is 11.3 Å². The molecule has 264 valence electrons. The lowest BCUT2D eigenvalue weighted by Gasteiger charge is -2.34. The van der Waals surface area contributed by atoms with Gasteiger partial charge in [0.1, 0.15) is 11.0 Å². The number of benzene rings is 3. The van der Waals surface area contributed by atoms with Crippen LogP contribution in [-0.4, -0.2) is 91.0 Å². The van der Waals surface area contributed by atoms with Gasteiger partial charge in [0, 0.05) is 69.5 Å². The summed E-state index contributed by atoms with van der Waals surface area (Å²) in [5, 5.41) is 2.92. The summed E-state index contributed by atoms with van der Waals surface area (Å²) in [6, 6.07) is 21.3. The second kappa shape index (κ2) is 17.4. The number of amides is 2. The van der Waals surface area contributed by atoms with Gasteiger partial charge in [-0.05, 0) is 54.1 Å². The number of hydrogen-bond acceptors (Lipinski definition) is 7. The van der Waals surface area contributed by atoms with E-state index >= 15 is 0 Å². The molecule has 12 heteroatoms. The Bertz CT molecular complexity index is 1680. The zero-order chi connectivity index (χ0) is 35.5. The van der Waals surface area contributed by atoms with E-state index in [1.807, 2.05) is 67.0 Å². The summed E-state index contributed by atoms with van der Waals surface area (Å²) in [7, 11) is 3.72. The summed E-state index contributed by atoms with van der Waals surface area (Å²) in [5.74, 6) is -0.636. The number of morpholine rings is 1. The lowest BCUT2D eigenvalue weighted by Crippen LogP contribution is -2.51. The van der Waals surface area contributed by atoms with E-state index in [0.29, 0.717) is 38.4 Å². The summed E-state index contributed by atoms with van der Waals surface area (Å²) in [4.78, 5) is 40.4. The number of rotatable bonds is 14. The molecular weight excluding hydrogens is 664 g/mol. The largest absolute Gasteiger partial charge is 0.416 e. The first kappa shape index (κ1) is 36.8. The van der Waals surface area contributed by atoms with Crippen molar-refractivity contribution in [2.24, 2.45) is 0 Å². The van der Waals surface area contributed by atoms with Crippen LogP contribution in [0, 0.1) is 0 Å². The van der Waals surface area contributed by atoms with Crippen molar-refractivity contribution in [1.29, 1.82) is 0 Å². The highest BCUT2D eigenvalue weighted by molar-refractivity contribution is 7.09. The van der Waals surface area contributed by atoms with E-state index < -0.39 is 23.7 Å². The highest BCUT2D eigenvalue weighted by Gasteiger charge is 2.32. The van der Waals surface area contributed by atoms with Gasteiger partial charge in [0.25, 0.3) is 0 Å². The van der Waals surface area contributed by atoms with E-state index in [2.05, 4.69) is 14.8 Å². The minimum absolute atomic E-state index is 0.153. The number of carbonyl (C=O) groups is 2. The number of anilines is 1. The van der Waals surface area contributed by atoms with Gasteiger partial charge in [-0.15, -0.1) is 11.3 Å². The van der Waals surface area contributed by atoms with Crippen LogP contribution in [0.4, 0.5) is 18.9 Å². The highest BCUT2D eigenvalue weighted by Crippen LogP contribution is 2.29. The van der Waals surface area contributed by atoms with Crippen molar-refractivity contribution in [3.8, 4) is 0 Å². The predicted molar refractivity (Wildman–Crippen MR) is 191 cm³/mol. The number of aromatic nitrogens is 1. The predicted octanol–water partition coefficient (Wildman–Crippen LogP) is 6.24. The fourth-order valence-corrected chi connectivity index (χ4v) is 6.41. The van der Waals surface area contributed by atoms with Crippen molar-refractivity contribution in [1.82, 2.24) is 19.7 Å². The van der Waals surface area contributed by atoms with Gasteiger partial charge in [0.2, 0.25) is 11.8 Å². The third-order valence-corrected chi connectivity index (χ3v) is 9.38. The molecule has 0 N–H and O–H groups in total. The maximum atomic E-state index is 14.3. The Morgan fingerprint density at radius 2 is 1.62 bits per heavy atom. The van der Waals surface area contributed by atoms with Crippen LogP contribution < -0.4 is 4.90 Å². The fraction of sp³-hybridized carbons (Fsp3) is 0.342.